The Kier molecular flexibility index (Phi) is 4.58. The van der Waals surface area contributed by atoms with E-state index < -0.39 is 11.6 Å². The lowest BCUT2D eigenvalue weighted by molar-refractivity contribution is 0.109. The summed E-state index contributed by atoms with van der Waals surface area (Å²) in [6.07, 6.45) is 4.66. The lowest BCUT2D eigenvalue weighted by Crippen LogP contribution is -2.42. The van der Waals surface area contributed by atoms with Crippen LogP contribution in [0.3, 0.4) is 0 Å². The third-order valence-electron chi connectivity index (χ3n) is 5.17. The molecule has 1 fully saturated rings. The summed E-state index contributed by atoms with van der Waals surface area (Å²) in [5, 5.41) is 17.3. The van der Waals surface area contributed by atoms with Gasteiger partial charge in [-0.25, -0.2) is 9.37 Å². The smallest absolute Gasteiger partial charge is 0.236 e. The highest BCUT2D eigenvalue weighted by molar-refractivity contribution is 5.80. The van der Waals surface area contributed by atoms with Crippen molar-refractivity contribution in [2.24, 2.45) is 7.05 Å². The number of nitrogen functional groups attached to an aromatic ring is 1. The quantitative estimate of drug-likeness (QED) is 0.677. The number of halogens is 2. The van der Waals surface area contributed by atoms with Crippen molar-refractivity contribution in [2.75, 3.05) is 23.7 Å². The van der Waals surface area contributed by atoms with Crippen LogP contribution in [0.1, 0.15) is 24.2 Å². The minimum absolute atomic E-state index is 0.110. The van der Waals surface area contributed by atoms with Gasteiger partial charge in [0.15, 0.2) is 11.5 Å². The second-order valence-corrected chi connectivity index (χ2v) is 6.99. The van der Waals surface area contributed by atoms with Gasteiger partial charge in [-0.15, -0.1) is 10.2 Å². The standard InChI is InChI=1S/C19H18F2N8/c1-28-11-26-27-18(28)19(21)3-6-29(7-4-19)16-12(9-22)2-5-24-15(16)13-8-14(23)17(20)25-10-13/h2,5,8,10-11H,3-4,6-7,23H2,1H3. The number of nitrogens with zero attached hydrogens (tertiary/aromatic N) is 7. The molecule has 0 unspecified atom stereocenters. The van der Waals surface area contributed by atoms with Crippen molar-refractivity contribution in [3.05, 3.63) is 48.2 Å². The Morgan fingerprint density at radius 2 is 2.03 bits per heavy atom. The molecule has 0 aromatic carbocycles. The summed E-state index contributed by atoms with van der Waals surface area (Å²) in [7, 11) is 1.71. The van der Waals surface area contributed by atoms with Crippen LogP contribution in [-0.2, 0) is 12.7 Å². The maximum atomic E-state index is 15.5. The van der Waals surface area contributed by atoms with Gasteiger partial charge in [0.25, 0.3) is 0 Å². The number of aromatic nitrogens is 5. The first kappa shape index (κ1) is 18.7. The van der Waals surface area contributed by atoms with E-state index in [0.717, 1.165) is 0 Å². The van der Waals surface area contributed by atoms with Crippen LogP contribution in [0, 0.1) is 17.3 Å². The Hall–Kier alpha value is -3.61. The van der Waals surface area contributed by atoms with Crippen LogP contribution in [-0.4, -0.2) is 37.8 Å². The molecule has 10 heteroatoms. The number of hydrogen-bond donors (Lipinski definition) is 1. The lowest BCUT2D eigenvalue weighted by Gasteiger charge is -2.37. The summed E-state index contributed by atoms with van der Waals surface area (Å²) >= 11 is 0. The first-order valence-electron chi connectivity index (χ1n) is 9.02. The zero-order chi connectivity index (χ0) is 20.6. The molecule has 1 aliphatic heterocycles. The zero-order valence-electron chi connectivity index (χ0n) is 15.7. The molecule has 4 rings (SSSR count). The van der Waals surface area contributed by atoms with Gasteiger partial charge in [-0.05, 0) is 12.1 Å². The molecule has 4 heterocycles. The summed E-state index contributed by atoms with van der Waals surface area (Å²) in [6, 6.07) is 5.18. The van der Waals surface area contributed by atoms with Crippen LogP contribution in [0.4, 0.5) is 20.2 Å². The van der Waals surface area contributed by atoms with Gasteiger partial charge in [0.1, 0.15) is 12.4 Å². The summed E-state index contributed by atoms with van der Waals surface area (Å²) in [6.45, 7) is 0.696. The second kappa shape index (κ2) is 7.09. The predicted molar refractivity (Wildman–Crippen MR) is 102 cm³/mol. The van der Waals surface area contributed by atoms with Gasteiger partial charge in [-0.3, -0.25) is 4.98 Å². The van der Waals surface area contributed by atoms with Crippen LogP contribution in [0.2, 0.25) is 0 Å². The largest absolute Gasteiger partial charge is 0.395 e. The molecule has 3 aromatic heterocycles. The van der Waals surface area contributed by atoms with Crippen LogP contribution in [0.5, 0.6) is 0 Å². The predicted octanol–water partition coefficient (Wildman–Crippen LogP) is 2.33. The molecule has 8 nitrogen and oxygen atoms in total. The van der Waals surface area contributed by atoms with E-state index in [-0.39, 0.29) is 18.5 Å². The van der Waals surface area contributed by atoms with E-state index in [1.165, 1.54) is 24.8 Å². The van der Waals surface area contributed by atoms with E-state index in [4.69, 9.17) is 5.73 Å². The van der Waals surface area contributed by atoms with Gasteiger partial charge in [-0.2, -0.15) is 9.65 Å². The van der Waals surface area contributed by atoms with Crippen molar-refractivity contribution in [1.82, 2.24) is 24.7 Å². The molecule has 0 spiro atoms. The minimum atomic E-state index is -1.60. The number of alkyl halides is 1. The molecule has 1 saturated heterocycles. The van der Waals surface area contributed by atoms with E-state index in [1.807, 2.05) is 4.90 Å². The lowest BCUT2D eigenvalue weighted by atomic mass is 9.91. The first-order chi connectivity index (χ1) is 13.9. The molecule has 0 aliphatic carbocycles. The Balaban J connectivity index is 1.70. The fraction of sp³-hybridized carbons (Fsp3) is 0.316. The van der Waals surface area contributed by atoms with E-state index in [9.17, 15) is 9.65 Å². The maximum Gasteiger partial charge on any atom is 0.236 e. The molecule has 0 atom stereocenters. The van der Waals surface area contributed by atoms with Crippen LogP contribution < -0.4 is 10.6 Å². The molecular weight excluding hydrogens is 378 g/mol. The number of piperidine rings is 1. The van der Waals surface area contributed by atoms with E-state index in [2.05, 4.69) is 26.2 Å². The van der Waals surface area contributed by atoms with Crippen molar-refractivity contribution < 1.29 is 8.78 Å². The van der Waals surface area contributed by atoms with Gasteiger partial charge in [0.2, 0.25) is 5.95 Å². The van der Waals surface area contributed by atoms with Gasteiger partial charge in [-0.1, -0.05) is 0 Å². The van der Waals surface area contributed by atoms with Crippen molar-refractivity contribution >= 4 is 11.4 Å². The zero-order valence-corrected chi connectivity index (χ0v) is 15.7. The number of anilines is 2. The van der Waals surface area contributed by atoms with Crippen LogP contribution in [0.25, 0.3) is 11.3 Å². The highest BCUT2D eigenvalue weighted by atomic mass is 19.1. The van der Waals surface area contributed by atoms with Crippen molar-refractivity contribution in [2.45, 2.75) is 18.5 Å². The second-order valence-electron chi connectivity index (χ2n) is 6.99. The van der Waals surface area contributed by atoms with Crippen molar-refractivity contribution in [1.29, 1.82) is 5.26 Å². The first-order valence-corrected chi connectivity index (χ1v) is 9.02. The fourth-order valence-electron chi connectivity index (χ4n) is 3.67. The average Bonchev–Trinajstić information content (AvgIpc) is 3.17. The van der Waals surface area contributed by atoms with Gasteiger partial charge < -0.3 is 15.2 Å². The summed E-state index contributed by atoms with van der Waals surface area (Å²) < 4.78 is 30.6. The normalized spacial score (nSPS) is 15.9. The highest BCUT2D eigenvalue weighted by Crippen LogP contribution is 2.40. The van der Waals surface area contributed by atoms with E-state index >= 15 is 4.39 Å². The monoisotopic (exact) mass is 396 g/mol. The third-order valence-corrected chi connectivity index (χ3v) is 5.17. The number of aryl methyl sites for hydroxylation is 1. The number of nitriles is 1. The van der Waals surface area contributed by atoms with Gasteiger partial charge in [0.05, 0.1) is 22.6 Å². The van der Waals surface area contributed by atoms with Crippen LogP contribution in [0.15, 0.2) is 30.9 Å². The number of rotatable bonds is 3. The molecule has 29 heavy (non-hydrogen) atoms. The molecule has 0 radical (unpaired) electrons. The van der Waals surface area contributed by atoms with Gasteiger partial charge in [0, 0.05) is 50.9 Å². The fourth-order valence-corrected chi connectivity index (χ4v) is 3.67. The average molecular weight is 396 g/mol. The molecule has 3 aromatic rings. The molecule has 148 valence electrons. The molecule has 0 bridgehead atoms. The summed E-state index contributed by atoms with van der Waals surface area (Å²) in [5.74, 6) is -0.477. The Morgan fingerprint density at radius 1 is 1.28 bits per heavy atom. The SMILES string of the molecule is Cn1cnnc1C1(F)CCN(c2c(C#N)ccnc2-c2cnc(F)c(N)c2)CC1. The molecule has 0 saturated carbocycles. The van der Waals surface area contributed by atoms with Gasteiger partial charge >= 0.3 is 0 Å². The Morgan fingerprint density at radius 3 is 2.66 bits per heavy atom. The topological polar surface area (TPSA) is 110 Å². The number of pyridine rings is 2. The highest BCUT2D eigenvalue weighted by Gasteiger charge is 2.41. The van der Waals surface area contributed by atoms with Crippen molar-refractivity contribution in [3.63, 3.8) is 0 Å². The third kappa shape index (κ3) is 3.24. The van der Waals surface area contributed by atoms with E-state index in [1.54, 1.807) is 17.7 Å². The number of nitrogens with two attached hydrogens (primary N) is 1. The Bertz CT molecular complexity index is 1100. The molecule has 2 N–H and O–H groups in total. The van der Waals surface area contributed by atoms with Crippen molar-refractivity contribution in [3.8, 4) is 17.3 Å². The maximum absolute atomic E-state index is 15.5. The molecular formula is C19H18F2N8. The summed E-state index contributed by atoms with van der Waals surface area (Å²) in [4.78, 5) is 9.94. The summed E-state index contributed by atoms with van der Waals surface area (Å²) in [5.41, 5.74) is 5.83. The number of hydrogen-bond acceptors (Lipinski definition) is 7. The van der Waals surface area contributed by atoms with Crippen LogP contribution >= 0.6 is 0 Å². The minimum Gasteiger partial charge on any atom is -0.395 e. The Labute approximate surface area is 165 Å². The molecule has 1 aliphatic rings. The van der Waals surface area contributed by atoms with E-state index in [0.29, 0.717) is 41.4 Å². The molecule has 0 amide bonds.